The highest BCUT2D eigenvalue weighted by atomic mass is 35.5. The lowest BCUT2D eigenvalue weighted by atomic mass is 10.0. The SMILES string of the molecule is Clc1cnc(NCCC2CCCC2)nc1. The molecule has 82 valence electrons. The Balaban J connectivity index is 1.71. The Morgan fingerprint density at radius 1 is 1.27 bits per heavy atom. The Morgan fingerprint density at radius 3 is 2.60 bits per heavy atom. The smallest absolute Gasteiger partial charge is 0.222 e. The molecule has 1 aliphatic rings. The number of rotatable bonds is 4. The first-order valence-electron chi connectivity index (χ1n) is 5.56. The van der Waals surface area contributed by atoms with Crippen LogP contribution in [0.4, 0.5) is 5.95 Å². The summed E-state index contributed by atoms with van der Waals surface area (Å²) < 4.78 is 0. The van der Waals surface area contributed by atoms with Crippen LogP contribution in [0.15, 0.2) is 12.4 Å². The van der Waals surface area contributed by atoms with Crippen LogP contribution < -0.4 is 5.32 Å². The van der Waals surface area contributed by atoms with Gasteiger partial charge in [0.25, 0.3) is 0 Å². The number of nitrogens with zero attached hydrogens (tertiary/aromatic N) is 2. The molecule has 3 nitrogen and oxygen atoms in total. The molecule has 1 aromatic heterocycles. The molecule has 1 saturated carbocycles. The van der Waals surface area contributed by atoms with Gasteiger partial charge in [-0.05, 0) is 12.3 Å². The van der Waals surface area contributed by atoms with Crippen LogP contribution in [0.1, 0.15) is 32.1 Å². The summed E-state index contributed by atoms with van der Waals surface area (Å²) >= 11 is 5.70. The highest BCUT2D eigenvalue weighted by Crippen LogP contribution is 2.27. The van der Waals surface area contributed by atoms with Crippen molar-refractivity contribution in [2.24, 2.45) is 5.92 Å². The van der Waals surface area contributed by atoms with Gasteiger partial charge in [-0.25, -0.2) is 9.97 Å². The molecule has 1 heterocycles. The van der Waals surface area contributed by atoms with E-state index in [1.54, 1.807) is 12.4 Å². The Hall–Kier alpha value is -0.830. The quantitative estimate of drug-likeness (QED) is 0.856. The van der Waals surface area contributed by atoms with E-state index in [0.29, 0.717) is 11.0 Å². The monoisotopic (exact) mass is 225 g/mol. The number of halogens is 1. The van der Waals surface area contributed by atoms with Crippen molar-refractivity contribution in [3.05, 3.63) is 17.4 Å². The third kappa shape index (κ3) is 3.34. The van der Waals surface area contributed by atoms with E-state index in [2.05, 4.69) is 15.3 Å². The molecule has 2 rings (SSSR count). The van der Waals surface area contributed by atoms with Gasteiger partial charge in [0.2, 0.25) is 5.95 Å². The summed E-state index contributed by atoms with van der Waals surface area (Å²) in [5, 5.41) is 3.80. The molecule has 0 spiro atoms. The van der Waals surface area contributed by atoms with Crippen LogP contribution in [0.5, 0.6) is 0 Å². The maximum Gasteiger partial charge on any atom is 0.222 e. The summed E-state index contributed by atoms with van der Waals surface area (Å²) in [6.07, 6.45) is 10.1. The van der Waals surface area contributed by atoms with Gasteiger partial charge in [-0.2, -0.15) is 0 Å². The zero-order chi connectivity index (χ0) is 10.5. The van der Waals surface area contributed by atoms with Crippen LogP contribution >= 0.6 is 11.6 Å². The van der Waals surface area contributed by atoms with Crippen molar-refractivity contribution in [2.75, 3.05) is 11.9 Å². The molecule has 0 unspecified atom stereocenters. The molecule has 0 saturated heterocycles. The number of hydrogen-bond donors (Lipinski definition) is 1. The molecule has 0 radical (unpaired) electrons. The van der Waals surface area contributed by atoms with Gasteiger partial charge in [-0.1, -0.05) is 37.3 Å². The van der Waals surface area contributed by atoms with Crippen LogP contribution in [0.25, 0.3) is 0 Å². The number of anilines is 1. The molecule has 1 fully saturated rings. The second-order valence-corrected chi connectivity index (χ2v) is 4.53. The first-order chi connectivity index (χ1) is 7.34. The fraction of sp³-hybridized carbons (Fsp3) is 0.636. The van der Waals surface area contributed by atoms with Crippen molar-refractivity contribution in [3.63, 3.8) is 0 Å². The van der Waals surface area contributed by atoms with Crippen LogP contribution in [0.3, 0.4) is 0 Å². The Morgan fingerprint density at radius 2 is 1.93 bits per heavy atom. The zero-order valence-electron chi connectivity index (χ0n) is 8.75. The van der Waals surface area contributed by atoms with Gasteiger partial charge in [0, 0.05) is 6.54 Å². The summed E-state index contributed by atoms with van der Waals surface area (Å²) in [5.41, 5.74) is 0. The van der Waals surface area contributed by atoms with Gasteiger partial charge in [-0.3, -0.25) is 0 Å². The predicted molar refractivity (Wildman–Crippen MR) is 62.1 cm³/mol. The van der Waals surface area contributed by atoms with E-state index in [1.807, 2.05) is 0 Å². The first-order valence-corrected chi connectivity index (χ1v) is 5.94. The number of hydrogen-bond acceptors (Lipinski definition) is 3. The number of nitrogens with one attached hydrogen (secondary N) is 1. The standard InChI is InChI=1S/C11H16ClN3/c12-10-7-14-11(15-8-10)13-6-5-9-3-1-2-4-9/h7-9H,1-6H2,(H,13,14,15). The van der Waals surface area contributed by atoms with Crippen molar-refractivity contribution in [1.29, 1.82) is 0 Å². The maximum atomic E-state index is 5.70. The molecule has 0 amide bonds. The maximum absolute atomic E-state index is 5.70. The summed E-state index contributed by atoms with van der Waals surface area (Å²) in [6.45, 7) is 0.965. The van der Waals surface area contributed by atoms with Crippen LogP contribution in [0, 0.1) is 5.92 Å². The third-order valence-corrected chi connectivity index (χ3v) is 3.13. The van der Waals surface area contributed by atoms with Crippen molar-refractivity contribution in [2.45, 2.75) is 32.1 Å². The lowest BCUT2D eigenvalue weighted by Crippen LogP contribution is -2.08. The fourth-order valence-corrected chi connectivity index (χ4v) is 2.19. The van der Waals surface area contributed by atoms with E-state index < -0.39 is 0 Å². The lowest BCUT2D eigenvalue weighted by molar-refractivity contribution is 0.518. The minimum atomic E-state index is 0.580. The Bertz CT molecular complexity index is 293. The lowest BCUT2D eigenvalue weighted by Gasteiger charge is -2.09. The molecule has 0 aliphatic heterocycles. The summed E-state index contributed by atoms with van der Waals surface area (Å²) in [6, 6.07) is 0. The highest BCUT2D eigenvalue weighted by molar-refractivity contribution is 6.30. The third-order valence-electron chi connectivity index (χ3n) is 2.93. The molecule has 0 aromatic carbocycles. The van der Waals surface area contributed by atoms with E-state index in [-0.39, 0.29) is 0 Å². The van der Waals surface area contributed by atoms with E-state index in [1.165, 1.54) is 32.1 Å². The van der Waals surface area contributed by atoms with Crippen molar-refractivity contribution < 1.29 is 0 Å². The molecule has 1 aromatic rings. The van der Waals surface area contributed by atoms with Crippen LogP contribution in [-0.4, -0.2) is 16.5 Å². The molecular weight excluding hydrogens is 210 g/mol. The fourth-order valence-electron chi connectivity index (χ4n) is 2.09. The summed E-state index contributed by atoms with van der Waals surface area (Å²) in [4.78, 5) is 8.18. The minimum absolute atomic E-state index is 0.580. The van der Waals surface area contributed by atoms with Gasteiger partial charge in [0.15, 0.2) is 0 Å². The van der Waals surface area contributed by atoms with E-state index in [9.17, 15) is 0 Å². The van der Waals surface area contributed by atoms with Gasteiger partial charge >= 0.3 is 0 Å². The molecule has 4 heteroatoms. The Kier molecular flexibility index (Phi) is 3.78. The van der Waals surface area contributed by atoms with Gasteiger partial charge in [0.1, 0.15) is 0 Å². The second kappa shape index (κ2) is 5.31. The minimum Gasteiger partial charge on any atom is -0.354 e. The van der Waals surface area contributed by atoms with E-state index in [0.717, 1.165) is 12.5 Å². The second-order valence-electron chi connectivity index (χ2n) is 4.09. The van der Waals surface area contributed by atoms with Gasteiger partial charge in [0.05, 0.1) is 17.4 Å². The van der Waals surface area contributed by atoms with E-state index >= 15 is 0 Å². The van der Waals surface area contributed by atoms with Gasteiger partial charge in [-0.15, -0.1) is 0 Å². The molecule has 0 atom stereocenters. The summed E-state index contributed by atoms with van der Waals surface area (Å²) in [7, 11) is 0. The summed E-state index contributed by atoms with van der Waals surface area (Å²) in [5.74, 6) is 1.59. The molecule has 0 bridgehead atoms. The molecule has 15 heavy (non-hydrogen) atoms. The zero-order valence-corrected chi connectivity index (χ0v) is 9.50. The number of aromatic nitrogens is 2. The molecule has 1 N–H and O–H groups in total. The average molecular weight is 226 g/mol. The van der Waals surface area contributed by atoms with Crippen LogP contribution in [0.2, 0.25) is 5.02 Å². The molecular formula is C11H16ClN3. The van der Waals surface area contributed by atoms with Crippen molar-refractivity contribution in [1.82, 2.24) is 9.97 Å². The van der Waals surface area contributed by atoms with E-state index in [4.69, 9.17) is 11.6 Å². The van der Waals surface area contributed by atoms with Crippen molar-refractivity contribution >= 4 is 17.5 Å². The predicted octanol–water partition coefficient (Wildman–Crippen LogP) is 3.12. The van der Waals surface area contributed by atoms with Crippen LogP contribution in [-0.2, 0) is 0 Å². The van der Waals surface area contributed by atoms with Gasteiger partial charge < -0.3 is 5.32 Å². The topological polar surface area (TPSA) is 37.8 Å². The largest absolute Gasteiger partial charge is 0.354 e. The van der Waals surface area contributed by atoms with Crippen molar-refractivity contribution in [3.8, 4) is 0 Å². The average Bonchev–Trinajstić information content (AvgIpc) is 2.74. The first kappa shape index (κ1) is 10.7. The molecule has 1 aliphatic carbocycles. The highest BCUT2D eigenvalue weighted by Gasteiger charge is 2.14. The normalized spacial score (nSPS) is 16.9. The Labute approximate surface area is 95.3 Å².